The van der Waals surface area contributed by atoms with Gasteiger partial charge in [-0.25, -0.2) is 0 Å². The molecule has 4 rings (SSSR count). The number of halogens is 1. The van der Waals surface area contributed by atoms with Crippen LogP contribution in [0.2, 0.25) is 0 Å². The van der Waals surface area contributed by atoms with Gasteiger partial charge in [-0.15, -0.1) is 12.4 Å². The molecule has 0 spiro atoms. The average Bonchev–Trinajstić information content (AvgIpc) is 2.32. The predicted octanol–water partition coefficient (Wildman–Crippen LogP) is 4.79. The SMILES string of the molecule is CCCCCNC(C)C12CC3CC(CC(C3)C1)C2.Cl. The summed E-state index contributed by atoms with van der Waals surface area (Å²) in [5, 5.41) is 3.87. The minimum atomic E-state index is 0. The first-order valence-corrected chi connectivity index (χ1v) is 8.45. The summed E-state index contributed by atoms with van der Waals surface area (Å²) in [5.41, 5.74) is 0.695. The fourth-order valence-corrected chi connectivity index (χ4v) is 5.62. The highest BCUT2D eigenvalue weighted by Gasteiger charge is 2.52. The molecule has 4 aliphatic rings. The van der Waals surface area contributed by atoms with E-state index in [1.807, 2.05) is 0 Å². The summed E-state index contributed by atoms with van der Waals surface area (Å²) in [6.07, 6.45) is 13.4. The highest BCUT2D eigenvalue weighted by Crippen LogP contribution is 2.61. The van der Waals surface area contributed by atoms with E-state index < -0.39 is 0 Å². The fraction of sp³-hybridized carbons (Fsp3) is 1.00. The number of hydrogen-bond donors (Lipinski definition) is 1. The van der Waals surface area contributed by atoms with Crippen molar-refractivity contribution < 1.29 is 0 Å². The van der Waals surface area contributed by atoms with Gasteiger partial charge < -0.3 is 5.32 Å². The molecule has 2 heteroatoms. The Morgan fingerprint density at radius 3 is 2.00 bits per heavy atom. The van der Waals surface area contributed by atoms with Crippen LogP contribution in [0.5, 0.6) is 0 Å². The van der Waals surface area contributed by atoms with Crippen LogP contribution in [-0.4, -0.2) is 12.6 Å². The van der Waals surface area contributed by atoms with Gasteiger partial charge in [0.2, 0.25) is 0 Å². The minimum Gasteiger partial charge on any atom is -0.314 e. The molecule has 1 nitrogen and oxygen atoms in total. The zero-order valence-corrected chi connectivity index (χ0v) is 13.6. The van der Waals surface area contributed by atoms with Gasteiger partial charge >= 0.3 is 0 Å². The quantitative estimate of drug-likeness (QED) is 0.692. The molecule has 4 bridgehead atoms. The molecule has 4 fully saturated rings. The molecule has 19 heavy (non-hydrogen) atoms. The minimum absolute atomic E-state index is 0. The molecule has 4 aliphatic carbocycles. The molecule has 1 atom stereocenters. The molecular formula is C17H32ClN. The van der Waals surface area contributed by atoms with E-state index >= 15 is 0 Å². The molecule has 0 amide bonds. The normalized spacial score (nSPS) is 41.1. The lowest BCUT2D eigenvalue weighted by Crippen LogP contribution is -2.54. The Bertz CT molecular complexity index is 254. The molecular weight excluding hydrogens is 254 g/mol. The van der Waals surface area contributed by atoms with Gasteiger partial charge in [0.05, 0.1) is 0 Å². The average molecular weight is 286 g/mol. The van der Waals surface area contributed by atoms with Crippen molar-refractivity contribution in [2.45, 2.75) is 77.7 Å². The van der Waals surface area contributed by atoms with Gasteiger partial charge in [0.1, 0.15) is 0 Å². The van der Waals surface area contributed by atoms with Gasteiger partial charge in [0, 0.05) is 6.04 Å². The lowest BCUT2D eigenvalue weighted by atomic mass is 9.48. The highest BCUT2D eigenvalue weighted by molar-refractivity contribution is 5.85. The molecule has 0 aromatic rings. The number of hydrogen-bond acceptors (Lipinski definition) is 1. The first-order chi connectivity index (χ1) is 8.72. The third kappa shape index (κ3) is 3.13. The van der Waals surface area contributed by atoms with E-state index in [-0.39, 0.29) is 12.4 Å². The second-order valence-electron chi connectivity index (χ2n) is 7.66. The maximum Gasteiger partial charge on any atom is 0.00954 e. The standard InChI is InChI=1S/C17H31N.ClH/c1-3-4-5-6-18-13(2)17-10-14-7-15(11-17)9-16(8-14)12-17;/h13-16,18H,3-12H2,1-2H3;1H. The van der Waals surface area contributed by atoms with E-state index in [0.29, 0.717) is 5.41 Å². The van der Waals surface area contributed by atoms with Gasteiger partial charge in [-0.2, -0.15) is 0 Å². The lowest BCUT2D eigenvalue weighted by molar-refractivity contribution is -0.0703. The van der Waals surface area contributed by atoms with Crippen LogP contribution < -0.4 is 5.32 Å². The van der Waals surface area contributed by atoms with Crippen molar-refractivity contribution >= 4 is 12.4 Å². The third-order valence-corrected chi connectivity index (χ3v) is 6.24. The van der Waals surface area contributed by atoms with Gasteiger partial charge in [-0.05, 0) is 81.6 Å². The van der Waals surface area contributed by atoms with Crippen molar-refractivity contribution in [3.63, 3.8) is 0 Å². The Kier molecular flexibility index (Phi) is 5.22. The van der Waals surface area contributed by atoms with Crippen LogP contribution in [0.25, 0.3) is 0 Å². The molecule has 112 valence electrons. The smallest absolute Gasteiger partial charge is 0.00954 e. The van der Waals surface area contributed by atoms with Gasteiger partial charge in [0.25, 0.3) is 0 Å². The van der Waals surface area contributed by atoms with Crippen molar-refractivity contribution in [1.82, 2.24) is 5.32 Å². The molecule has 0 aliphatic heterocycles. The Morgan fingerprint density at radius 2 is 1.53 bits per heavy atom. The van der Waals surface area contributed by atoms with E-state index in [9.17, 15) is 0 Å². The number of rotatable bonds is 6. The molecule has 4 saturated carbocycles. The summed E-state index contributed by atoms with van der Waals surface area (Å²) in [5.74, 6) is 3.28. The van der Waals surface area contributed by atoms with Crippen LogP contribution in [0.1, 0.15) is 71.6 Å². The van der Waals surface area contributed by atoms with Crippen molar-refractivity contribution in [2.75, 3.05) is 6.54 Å². The zero-order chi connectivity index (χ0) is 12.6. The van der Waals surface area contributed by atoms with Crippen molar-refractivity contribution in [3.8, 4) is 0 Å². The first-order valence-electron chi connectivity index (χ1n) is 8.45. The van der Waals surface area contributed by atoms with Crippen molar-refractivity contribution in [3.05, 3.63) is 0 Å². The second kappa shape index (κ2) is 6.35. The third-order valence-electron chi connectivity index (χ3n) is 6.24. The van der Waals surface area contributed by atoms with Crippen molar-refractivity contribution in [1.29, 1.82) is 0 Å². The van der Waals surface area contributed by atoms with Crippen LogP contribution >= 0.6 is 12.4 Å². The molecule has 0 radical (unpaired) electrons. The van der Waals surface area contributed by atoms with Crippen LogP contribution in [0, 0.1) is 23.2 Å². The maximum atomic E-state index is 3.87. The topological polar surface area (TPSA) is 12.0 Å². The van der Waals surface area contributed by atoms with Crippen molar-refractivity contribution in [2.24, 2.45) is 23.2 Å². The fourth-order valence-electron chi connectivity index (χ4n) is 5.62. The number of nitrogens with one attached hydrogen (secondary N) is 1. The van der Waals surface area contributed by atoms with E-state index in [1.54, 1.807) is 38.5 Å². The van der Waals surface area contributed by atoms with Crippen LogP contribution in [0.15, 0.2) is 0 Å². The summed E-state index contributed by atoms with van der Waals surface area (Å²) in [6, 6.07) is 0.766. The van der Waals surface area contributed by atoms with Gasteiger partial charge in [-0.3, -0.25) is 0 Å². The maximum absolute atomic E-state index is 3.87. The first kappa shape index (κ1) is 15.6. The molecule has 0 aromatic carbocycles. The summed E-state index contributed by atoms with van der Waals surface area (Å²) in [4.78, 5) is 0. The monoisotopic (exact) mass is 285 g/mol. The van der Waals surface area contributed by atoms with E-state index in [4.69, 9.17) is 0 Å². The summed E-state index contributed by atoms with van der Waals surface area (Å²) in [7, 11) is 0. The van der Waals surface area contributed by atoms with Gasteiger partial charge in [-0.1, -0.05) is 19.8 Å². The second-order valence-corrected chi connectivity index (χ2v) is 7.66. The molecule has 1 unspecified atom stereocenters. The van der Waals surface area contributed by atoms with Crippen LogP contribution in [-0.2, 0) is 0 Å². The largest absolute Gasteiger partial charge is 0.314 e. The molecule has 0 aromatic heterocycles. The van der Waals surface area contributed by atoms with Crippen LogP contribution in [0.4, 0.5) is 0 Å². The molecule has 0 saturated heterocycles. The lowest BCUT2D eigenvalue weighted by Gasteiger charge is -2.59. The Balaban J connectivity index is 0.00000133. The van der Waals surface area contributed by atoms with E-state index in [1.165, 1.54) is 25.8 Å². The summed E-state index contributed by atoms with van der Waals surface area (Å²) < 4.78 is 0. The number of unbranched alkanes of at least 4 members (excludes halogenated alkanes) is 2. The predicted molar refractivity (Wildman–Crippen MR) is 84.8 cm³/mol. The Labute approximate surface area is 125 Å². The van der Waals surface area contributed by atoms with Crippen LogP contribution in [0.3, 0.4) is 0 Å². The summed E-state index contributed by atoms with van der Waals surface area (Å²) >= 11 is 0. The molecule has 1 N–H and O–H groups in total. The van der Waals surface area contributed by atoms with E-state index in [2.05, 4.69) is 19.2 Å². The summed E-state index contributed by atoms with van der Waals surface area (Å²) in [6.45, 7) is 6.03. The zero-order valence-electron chi connectivity index (χ0n) is 12.8. The Morgan fingerprint density at radius 1 is 1.00 bits per heavy atom. The van der Waals surface area contributed by atoms with Gasteiger partial charge in [0.15, 0.2) is 0 Å². The van der Waals surface area contributed by atoms with E-state index in [0.717, 1.165) is 23.8 Å². The molecule has 0 heterocycles. The highest BCUT2D eigenvalue weighted by atomic mass is 35.5. The Hall–Kier alpha value is 0.250.